The average Bonchev–Trinajstić information content (AvgIpc) is 2.46. The Morgan fingerprint density at radius 1 is 1.30 bits per heavy atom. The minimum atomic E-state index is -0.353. The molecule has 1 saturated heterocycles. The predicted octanol–water partition coefficient (Wildman–Crippen LogP) is 2.78. The molecule has 0 amide bonds. The summed E-state index contributed by atoms with van der Waals surface area (Å²) >= 11 is 0. The molecule has 1 aromatic carbocycles. The van der Waals surface area contributed by atoms with E-state index in [4.69, 9.17) is 4.74 Å². The molecule has 0 bridgehead atoms. The molecule has 1 heterocycles. The third-order valence-electron chi connectivity index (χ3n) is 4.24. The first-order valence-electron chi connectivity index (χ1n) is 7.66. The fourth-order valence-electron chi connectivity index (χ4n) is 2.92. The van der Waals surface area contributed by atoms with Crippen LogP contribution in [0.3, 0.4) is 0 Å². The zero-order valence-electron chi connectivity index (χ0n) is 12.7. The van der Waals surface area contributed by atoms with E-state index in [0.29, 0.717) is 0 Å². The second kappa shape index (κ2) is 7.77. The highest BCUT2D eigenvalue weighted by Gasteiger charge is 2.17. The summed E-state index contributed by atoms with van der Waals surface area (Å²) in [6, 6.07) is 8.10. The van der Waals surface area contributed by atoms with Gasteiger partial charge in [-0.1, -0.05) is 24.3 Å². The maximum atomic E-state index is 10.3. The van der Waals surface area contributed by atoms with Crippen molar-refractivity contribution in [1.82, 2.24) is 4.90 Å². The molecule has 0 aromatic heterocycles. The second-order valence-electron chi connectivity index (χ2n) is 5.98. The quantitative estimate of drug-likeness (QED) is 0.868. The molecule has 0 spiro atoms. The number of rotatable bonds is 6. The van der Waals surface area contributed by atoms with Gasteiger partial charge in [-0.2, -0.15) is 0 Å². The van der Waals surface area contributed by atoms with Gasteiger partial charge in [-0.05, 0) is 50.3 Å². The first kappa shape index (κ1) is 15.5. The van der Waals surface area contributed by atoms with Gasteiger partial charge in [-0.15, -0.1) is 0 Å². The number of hydrogen-bond acceptors (Lipinski definition) is 3. The molecule has 20 heavy (non-hydrogen) atoms. The van der Waals surface area contributed by atoms with Crippen LogP contribution in [0.1, 0.15) is 36.5 Å². The molecule has 3 nitrogen and oxygen atoms in total. The van der Waals surface area contributed by atoms with Crippen molar-refractivity contribution in [2.75, 3.05) is 33.4 Å². The van der Waals surface area contributed by atoms with Crippen molar-refractivity contribution < 1.29 is 9.84 Å². The zero-order valence-corrected chi connectivity index (χ0v) is 12.7. The summed E-state index contributed by atoms with van der Waals surface area (Å²) in [5.74, 6) is 0.754. The normalized spacial score (nSPS) is 18.4. The molecule has 0 aliphatic carbocycles. The molecule has 1 N–H and O–H groups in total. The Morgan fingerprint density at radius 3 is 2.70 bits per heavy atom. The van der Waals surface area contributed by atoms with Gasteiger partial charge < -0.3 is 14.7 Å². The SMILES string of the molecule is Cc1ccccc1C(O)CCN(C)CC1CCOCC1. The largest absolute Gasteiger partial charge is 0.388 e. The Morgan fingerprint density at radius 2 is 2.00 bits per heavy atom. The smallest absolute Gasteiger partial charge is 0.0804 e. The fraction of sp³-hybridized carbons (Fsp3) is 0.647. The lowest BCUT2D eigenvalue weighted by molar-refractivity contribution is 0.0534. The summed E-state index contributed by atoms with van der Waals surface area (Å²) < 4.78 is 5.39. The second-order valence-corrected chi connectivity index (χ2v) is 5.98. The van der Waals surface area contributed by atoms with Crippen LogP contribution >= 0.6 is 0 Å². The van der Waals surface area contributed by atoms with E-state index in [1.807, 2.05) is 18.2 Å². The van der Waals surface area contributed by atoms with E-state index in [9.17, 15) is 5.11 Å². The van der Waals surface area contributed by atoms with E-state index in [1.54, 1.807) is 0 Å². The molecule has 0 radical (unpaired) electrons. The molecular formula is C17H27NO2. The van der Waals surface area contributed by atoms with Gasteiger partial charge in [0, 0.05) is 26.3 Å². The Bertz CT molecular complexity index is 402. The number of benzene rings is 1. The lowest BCUT2D eigenvalue weighted by Crippen LogP contribution is -2.31. The van der Waals surface area contributed by atoms with E-state index < -0.39 is 0 Å². The summed E-state index contributed by atoms with van der Waals surface area (Å²) in [6.07, 6.45) is 2.79. The van der Waals surface area contributed by atoms with Crippen LogP contribution < -0.4 is 0 Å². The van der Waals surface area contributed by atoms with Crippen molar-refractivity contribution in [1.29, 1.82) is 0 Å². The molecule has 1 aliphatic heterocycles. The molecule has 0 saturated carbocycles. The van der Waals surface area contributed by atoms with E-state index >= 15 is 0 Å². The van der Waals surface area contributed by atoms with Gasteiger partial charge in [0.15, 0.2) is 0 Å². The number of aliphatic hydroxyl groups is 1. The van der Waals surface area contributed by atoms with Gasteiger partial charge >= 0.3 is 0 Å². The third kappa shape index (κ3) is 4.58. The molecule has 2 rings (SSSR count). The third-order valence-corrected chi connectivity index (χ3v) is 4.24. The van der Waals surface area contributed by atoms with Gasteiger partial charge in [0.2, 0.25) is 0 Å². The Balaban J connectivity index is 1.75. The number of hydrogen-bond donors (Lipinski definition) is 1. The van der Waals surface area contributed by atoms with Gasteiger partial charge in [0.05, 0.1) is 6.10 Å². The maximum Gasteiger partial charge on any atom is 0.0804 e. The van der Waals surface area contributed by atoms with Crippen LogP contribution in [0.25, 0.3) is 0 Å². The van der Waals surface area contributed by atoms with E-state index in [-0.39, 0.29) is 6.10 Å². The topological polar surface area (TPSA) is 32.7 Å². The predicted molar refractivity (Wildman–Crippen MR) is 81.8 cm³/mol. The summed E-state index contributed by atoms with van der Waals surface area (Å²) in [5, 5.41) is 10.3. The van der Waals surface area contributed by atoms with Crippen LogP contribution in [0.2, 0.25) is 0 Å². The molecule has 1 atom stereocenters. The molecule has 3 heteroatoms. The van der Waals surface area contributed by atoms with Crippen molar-refractivity contribution in [3.8, 4) is 0 Å². The summed E-state index contributed by atoms with van der Waals surface area (Å²) in [7, 11) is 2.15. The number of aryl methyl sites for hydroxylation is 1. The van der Waals surface area contributed by atoms with E-state index in [2.05, 4.69) is 24.9 Å². The Labute approximate surface area is 122 Å². The van der Waals surface area contributed by atoms with Gasteiger partial charge in [0.25, 0.3) is 0 Å². The highest BCUT2D eigenvalue weighted by atomic mass is 16.5. The minimum absolute atomic E-state index is 0.353. The van der Waals surface area contributed by atoms with Crippen LogP contribution in [0, 0.1) is 12.8 Å². The number of nitrogens with zero attached hydrogens (tertiary/aromatic N) is 1. The van der Waals surface area contributed by atoms with Crippen LogP contribution in [-0.4, -0.2) is 43.4 Å². The molecular weight excluding hydrogens is 250 g/mol. The van der Waals surface area contributed by atoms with Crippen molar-refractivity contribution >= 4 is 0 Å². The van der Waals surface area contributed by atoms with Crippen molar-refractivity contribution in [3.05, 3.63) is 35.4 Å². The molecule has 1 fully saturated rings. The van der Waals surface area contributed by atoms with Gasteiger partial charge in [0.1, 0.15) is 0 Å². The number of aliphatic hydroxyl groups excluding tert-OH is 1. The zero-order chi connectivity index (χ0) is 14.4. The van der Waals surface area contributed by atoms with E-state index in [1.165, 1.54) is 18.4 Å². The van der Waals surface area contributed by atoms with Crippen LogP contribution in [0.4, 0.5) is 0 Å². The Kier molecular flexibility index (Phi) is 6.02. The monoisotopic (exact) mass is 277 g/mol. The highest BCUT2D eigenvalue weighted by Crippen LogP contribution is 2.21. The Hall–Kier alpha value is -0.900. The van der Waals surface area contributed by atoms with Crippen LogP contribution in [-0.2, 0) is 4.74 Å². The van der Waals surface area contributed by atoms with Crippen LogP contribution in [0.15, 0.2) is 24.3 Å². The lowest BCUT2D eigenvalue weighted by atomic mass is 9.99. The fourth-order valence-corrected chi connectivity index (χ4v) is 2.92. The first-order valence-corrected chi connectivity index (χ1v) is 7.66. The van der Waals surface area contributed by atoms with Crippen LogP contribution in [0.5, 0.6) is 0 Å². The first-order chi connectivity index (χ1) is 9.66. The van der Waals surface area contributed by atoms with Crippen molar-refractivity contribution in [2.45, 2.75) is 32.3 Å². The van der Waals surface area contributed by atoms with E-state index in [0.717, 1.165) is 44.2 Å². The lowest BCUT2D eigenvalue weighted by Gasteiger charge is -2.27. The van der Waals surface area contributed by atoms with Crippen molar-refractivity contribution in [3.63, 3.8) is 0 Å². The summed E-state index contributed by atoms with van der Waals surface area (Å²) in [6.45, 7) is 5.93. The summed E-state index contributed by atoms with van der Waals surface area (Å²) in [5.41, 5.74) is 2.24. The summed E-state index contributed by atoms with van der Waals surface area (Å²) in [4.78, 5) is 2.34. The highest BCUT2D eigenvalue weighted by molar-refractivity contribution is 5.27. The molecule has 1 aliphatic rings. The van der Waals surface area contributed by atoms with Crippen molar-refractivity contribution in [2.24, 2.45) is 5.92 Å². The molecule has 1 unspecified atom stereocenters. The standard InChI is InChI=1S/C17H27NO2/c1-14-5-3-4-6-16(14)17(19)7-10-18(2)13-15-8-11-20-12-9-15/h3-6,15,17,19H,7-13H2,1-2H3. The number of ether oxygens (including phenoxy) is 1. The molecule has 112 valence electrons. The molecule has 1 aromatic rings. The average molecular weight is 277 g/mol. The maximum absolute atomic E-state index is 10.3. The van der Waals surface area contributed by atoms with Gasteiger partial charge in [-0.3, -0.25) is 0 Å². The minimum Gasteiger partial charge on any atom is -0.388 e. The van der Waals surface area contributed by atoms with Gasteiger partial charge in [-0.25, -0.2) is 0 Å².